The maximum absolute atomic E-state index is 11.4. The highest BCUT2D eigenvalue weighted by molar-refractivity contribution is 7.91. The van der Waals surface area contributed by atoms with E-state index in [1.165, 1.54) is 0 Å². The van der Waals surface area contributed by atoms with Gasteiger partial charge in [-0.1, -0.05) is 6.92 Å². The maximum Gasteiger partial charge on any atom is 0.150 e. The molecule has 0 amide bonds. The van der Waals surface area contributed by atoms with Crippen LogP contribution in [0.2, 0.25) is 0 Å². The van der Waals surface area contributed by atoms with E-state index in [9.17, 15) is 8.42 Å². The lowest BCUT2D eigenvalue weighted by molar-refractivity contribution is 0.169. The van der Waals surface area contributed by atoms with E-state index in [0.717, 1.165) is 6.42 Å². The molecule has 1 heterocycles. The fraction of sp³-hybridized carbons (Fsp3) is 1.00. The van der Waals surface area contributed by atoms with Gasteiger partial charge in [0.2, 0.25) is 0 Å². The third-order valence-corrected chi connectivity index (χ3v) is 5.10. The molecule has 14 heavy (non-hydrogen) atoms. The van der Waals surface area contributed by atoms with Crippen molar-refractivity contribution in [3.63, 3.8) is 0 Å². The van der Waals surface area contributed by atoms with Crippen LogP contribution >= 0.6 is 0 Å². The summed E-state index contributed by atoms with van der Waals surface area (Å²) in [6, 6.07) is -0.119. The zero-order chi connectivity index (χ0) is 10.8. The molecule has 0 radical (unpaired) electrons. The Kier molecular flexibility index (Phi) is 3.55. The van der Waals surface area contributed by atoms with Crippen molar-refractivity contribution < 1.29 is 13.5 Å². The van der Waals surface area contributed by atoms with Crippen LogP contribution in [0.5, 0.6) is 0 Å². The average molecular weight is 221 g/mol. The van der Waals surface area contributed by atoms with Crippen molar-refractivity contribution in [1.82, 2.24) is 0 Å². The fourth-order valence-electron chi connectivity index (χ4n) is 2.27. The van der Waals surface area contributed by atoms with E-state index in [-0.39, 0.29) is 29.6 Å². The maximum atomic E-state index is 11.4. The third kappa shape index (κ3) is 2.27. The van der Waals surface area contributed by atoms with Crippen LogP contribution in [0.15, 0.2) is 0 Å². The minimum atomic E-state index is -2.92. The van der Waals surface area contributed by atoms with E-state index in [1.54, 1.807) is 0 Å². The van der Waals surface area contributed by atoms with E-state index in [1.807, 2.05) is 6.92 Å². The fourth-order valence-corrected chi connectivity index (χ4v) is 4.51. The molecule has 0 aromatic carbocycles. The first-order chi connectivity index (χ1) is 6.46. The average Bonchev–Trinajstić information content (AvgIpc) is 2.42. The highest BCUT2D eigenvalue weighted by Crippen LogP contribution is 2.38. The molecule has 0 aromatic heterocycles. The molecular formula is C9H19NO3S. The number of nitrogens with two attached hydrogens (primary N) is 1. The van der Waals surface area contributed by atoms with Gasteiger partial charge < -0.3 is 10.8 Å². The molecule has 4 nitrogen and oxygen atoms in total. The highest BCUT2D eigenvalue weighted by atomic mass is 32.2. The predicted molar refractivity (Wildman–Crippen MR) is 55.7 cm³/mol. The van der Waals surface area contributed by atoms with Crippen molar-refractivity contribution in [1.29, 1.82) is 0 Å². The van der Waals surface area contributed by atoms with Crippen LogP contribution in [-0.2, 0) is 9.84 Å². The first-order valence-electron chi connectivity index (χ1n) is 5.02. The molecule has 3 N–H and O–H groups in total. The zero-order valence-corrected chi connectivity index (χ0v) is 9.39. The molecule has 0 spiro atoms. The summed E-state index contributed by atoms with van der Waals surface area (Å²) >= 11 is 0. The number of rotatable bonds is 4. The van der Waals surface area contributed by atoms with E-state index in [2.05, 4.69) is 0 Å². The quantitative estimate of drug-likeness (QED) is 0.695. The summed E-state index contributed by atoms with van der Waals surface area (Å²) in [7, 11) is -2.92. The summed E-state index contributed by atoms with van der Waals surface area (Å²) < 4.78 is 22.8. The molecule has 84 valence electrons. The van der Waals surface area contributed by atoms with Gasteiger partial charge in [-0.15, -0.1) is 0 Å². The molecule has 2 unspecified atom stereocenters. The Hall–Kier alpha value is -0.130. The lowest BCUT2D eigenvalue weighted by Crippen LogP contribution is -2.43. The van der Waals surface area contributed by atoms with Gasteiger partial charge in [0.15, 0.2) is 9.84 Å². The first-order valence-corrected chi connectivity index (χ1v) is 6.85. The molecule has 1 aliphatic heterocycles. The number of hydrogen-bond donors (Lipinski definition) is 2. The van der Waals surface area contributed by atoms with Gasteiger partial charge in [-0.05, 0) is 19.3 Å². The summed E-state index contributed by atoms with van der Waals surface area (Å²) in [4.78, 5) is 0. The number of aliphatic hydroxyl groups is 1. The van der Waals surface area contributed by atoms with Crippen molar-refractivity contribution in [2.24, 2.45) is 11.1 Å². The Labute approximate surface area is 85.4 Å². The molecule has 0 aliphatic carbocycles. The van der Waals surface area contributed by atoms with Crippen LogP contribution in [0.25, 0.3) is 0 Å². The Morgan fingerprint density at radius 1 is 1.57 bits per heavy atom. The molecule has 5 heteroatoms. The molecule has 0 saturated carbocycles. The molecule has 0 bridgehead atoms. The van der Waals surface area contributed by atoms with Crippen LogP contribution in [0.3, 0.4) is 0 Å². The van der Waals surface area contributed by atoms with E-state index in [0.29, 0.717) is 12.8 Å². The second kappa shape index (κ2) is 4.16. The van der Waals surface area contributed by atoms with Crippen molar-refractivity contribution in [3.8, 4) is 0 Å². The lowest BCUT2D eigenvalue weighted by Gasteiger charge is -2.32. The third-order valence-electron chi connectivity index (χ3n) is 3.25. The SMILES string of the molecule is CCC(N)C1(CCO)CCS(=O)(=O)C1. The van der Waals surface area contributed by atoms with Crippen LogP contribution in [0.1, 0.15) is 26.2 Å². The summed E-state index contributed by atoms with van der Waals surface area (Å²) in [5.74, 6) is 0.371. The van der Waals surface area contributed by atoms with Gasteiger partial charge in [-0.2, -0.15) is 0 Å². The van der Waals surface area contributed by atoms with Gasteiger partial charge in [0.05, 0.1) is 11.5 Å². The zero-order valence-electron chi connectivity index (χ0n) is 8.57. The topological polar surface area (TPSA) is 80.4 Å². The van der Waals surface area contributed by atoms with Gasteiger partial charge in [-0.3, -0.25) is 0 Å². The molecule has 2 atom stereocenters. The van der Waals surface area contributed by atoms with Gasteiger partial charge in [0.1, 0.15) is 0 Å². The van der Waals surface area contributed by atoms with Crippen LogP contribution in [0, 0.1) is 5.41 Å². The Morgan fingerprint density at radius 3 is 2.57 bits per heavy atom. The molecule has 1 rings (SSSR count). The summed E-state index contributed by atoms with van der Waals surface area (Å²) in [5.41, 5.74) is 5.57. The molecule has 1 saturated heterocycles. The lowest BCUT2D eigenvalue weighted by atomic mass is 9.76. The largest absolute Gasteiger partial charge is 0.396 e. The minimum absolute atomic E-state index is 0.0171. The summed E-state index contributed by atoms with van der Waals surface area (Å²) in [5, 5.41) is 8.96. The van der Waals surface area contributed by atoms with Gasteiger partial charge >= 0.3 is 0 Å². The standard InChI is InChI=1S/C9H19NO3S/c1-2-8(10)9(3-5-11)4-6-14(12,13)7-9/h8,11H,2-7,10H2,1H3. The second-order valence-electron chi connectivity index (χ2n) is 4.19. The van der Waals surface area contributed by atoms with Crippen molar-refractivity contribution in [2.75, 3.05) is 18.1 Å². The van der Waals surface area contributed by atoms with Crippen molar-refractivity contribution in [3.05, 3.63) is 0 Å². The normalized spacial score (nSPS) is 33.1. The smallest absolute Gasteiger partial charge is 0.150 e. The van der Waals surface area contributed by atoms with E-state index < -0.39 is 9.84 Å². The highest BCUT2D eigenvalue weighted by Gasteiger charge is 2.45. The van der Waals surface area contributed by atoms with Crippen LogP contribution < -0.4 is 5.73 Å². The van der Waals surface area contributed by atoms with E-state index >= 15 is 0 Å². The Bertz CT molecular complexity index is 288. The van der Waals surface area contributed by atoms with Gasteiger partial charge in [0, 0.05) is 18.1 Å². The minimum Gasteiger partial charge on any atom is -0.396 e. The first kappa shape index (κ1) is 11.9. The van der Waals surface area contributed by atoms with Crippen LogP contribution in [-0.4, -0.2) is 37.7 Å². The molecule has 1 aliphatic rings. The summed E-state index contributed by atoms with van der Waals surface area (Å²) in [6.45, 7) is 1.97. The van der Waals surface area contributed by atoms with Gasteiger partial charge in [-0.25, -0.2) is 8.42 Å². The Balaban J connectivity index is 2.85. The van der Waals surface area contributed by atoms with Crippen molar-refractivity contribution >= 4 is 9.84 Å². The monoisotopic (exact) mass is 221 g/mol. The van der Waals surface area contributed by atoms with E-state index in [4.69, 9.17) is 10.8 Å². The second-order valence-corrected chi connectivity index (χ2v) is 6.38. The number of aliphatic hydroxyl groups excluding tert-OH is 1. The number of hydrogen-bond acceptors (Lipinski definition) is 4. The number of sulfone groups is 1. The molecular weight excluding hydrogens is 202 g/mol. The predicted octanol–water partition coefficient (Wildman–Crippen LogP) is -0.0890. The molecule has 1 fully saturated rings. The summed E-state index contributed by atoms with van der Waals surface area (Å²) in [6.07, 6.45) is 1.86. The Morgan fingerprint density at radius 2 is 2.21 bits per heavy atom. The van der Waals surface area contributed by atoms with Gasteiger partial charge in [0.25, 0.3) is 0 Å². The van der Waals surface area contributed by atoms with Crippen molar-refractivity contribution in [2.45, 2.75) is 32.2 Å². The molecule has 0 aromatic rings. The van der Waals surface area contributed by atoms with Crippen LogP contribution in [0.4, 0.5) is 0 Å².